The van der Waals surface area contributed by atoms with E-state index in [1.807, 2.05) is 6.26 Å². The van der Waals surface area contributed by atoms with E-state index >= 15 is 0 Å². The summed E-state index contributed by atoms with van der Waals surface area (Å²) >= 11 is 1.38. The normalized spacial score (nSPS) is 12.2. The molecule has 0 radical (unpaired) electrons. The van der Waals surface area contributed by atoms with Gasteiger partial charge in [-0.05, 0) is 25.3 Å². The summed E-state index contributed by atoms with van der Waals surface area (Å²) in [5.74, 6) is -1.33. The van der Waals surface area contributed by atoms with Gasteiger partial charge in [0.05, 0.1) is 0 Å². The lowest BCUT2D eigenvalue weighted by Gasteiger charge is -2.19. The Bertz CT molecular complexity index is 401. The molecule has 0 saturated carbocycles. The molecular weight excluding hydrogens is 230 g/mol. The van der Waals surface area contributed by atoms with E-state index in [0.717, 1.165) is 4.90 Å². The van der Waals surface area contributed by atoms with Gasteiger partial charge < -0.3 is 14.4 Å². The van der Waals surface area contributed by atoms with E-state index in [-0.39, 0.29) is 5.76 Å². The highest BCUT2D eigenvalue weighted by atomic mass is 32.2. The van der Waals surface area contributed by atoms with Gasteiger partial charge in [-0.25, -0.2) is 4.79 Å². The minimum atomic E-state index is -1.05. The molecule has 1 unspecified atom stereocenters. The predicted octanol–water partition coefficient (Wildman–Crippen LogP) is 1.55. The first-order valence-electron chi connectivity index (χ1n) is 4.61. The molecule has 1 rings (SSSR count). The lowest BCUT2D eigenvalue weighted by atomic mass is 10.3. The summed E-state index contributed by atoms with van der Waals surface area (Å²) in [4.78, 5) is 23.6. The van der Waals surface area contributed by atoms with E-state index < -0.39 is 17.9 Å². The van der Waals surface area contributed by atoms with Crippen LogP contribution in [0.3, 0.4) is 0 Å². The maximum absolute atomic E-state index is 11.8. The molecule has 1 aromatic rings. The molecule has 0 spiro atoms. The molecule has 0 aliphatic rings. The zero-order valence-electron chi connectivity index (χ0n) is 9.26. The first-order valence-corrected chi connectivity index (χ1v) is 5.83. The van der Waals surface area contributed by atoms with Gasteiger partial charge in [0.25, 0.3) is 5.91 Å². The largest absolute Gasteiger partial charge is 0.480 e. The Labute approximate surface area is 97.4 Å². The van der Waals surface area contributed by atoms with Crippen molar-refractivity contribution in [2.75, 3.05) is 13.3 Å². The second-order valence-corrected chi connectivity index (χ2v) is 4.06. The number of amides is 1. The maximum Gasteiger partial charge on any atom is 0.326 e. The van der Waals surface area contributed by atoms with Crippen LogP contribution in [0.4, 0.5) is 0 Å². The van der Waals surface area contributed by atoms with Gasteiger partial charge in [0.1, 0.15) is 6.04 Å². The number of carbonyl (C=O) groups is 2. The molecule has 16 heavy (non-hydrogen) atoms. The first kappa shape index (κ1) is 12.6. The third-order valence-corrected chi connectivity index (χ3v) is 2.87. The monoisotopic (exact) mass is 243 g/mol. The highest BCUT2D eigenvalue weighted by Gasteiger charge is 2.24. The first-order chi connectivity index (χ1) is 7.47. The molecule has 88 valence electrons. The second kappa shape index (κ2) is 5.07. The van der Waals surface area contributed by atoms with Gasteiger partial charge in [0.2, 0.25) is 0 Å². The summed E-state index contributed by atoms with van der Waals surface area (Å²) in [7, 11) is 1.43. The average molecular weight is 243 g/mol. The molecule has 1 heterocycles. The molecule has 1 N–H and O–H groups in total. The van der Waals surface area contributed by atoms with Crippen LogP contribution >= 0.6 is 11.8 Å². The zero-order valence-corrected chi connectivity index (χ0v) is 10.1. The quantitative estimate of drug-likeness (QED) is 0.812. The number of carboxylic acid groups (broad SMARTS) is 1. The Morgan fingerprint density at radius 2 is 2.12 bits per heavy atom. The van der Waals surface area contributed by atoms with Crippen LogP contribution in [-0.4, -0.2) is 41.2 Å². The van der Waals surface area contributed by atoms with Crippen molar-refractivity contribution in [3.63, 3.8) is 0 Å². The second-order valence-electron chi connectivity index (χ2n) is 3.25. The molecule has 1 atom stereocenters. The molecule has 0 aromatic carbocycles. The maximum atomic E-state index is 11.8. The lowest BCUT2D eigenvalue weighted by Crippen LogP contribution is -2.40. The van der Waals surface area contributed by atoms with Crippen LogP contribution in [0.2, 0.25) is 0 Å². The summed E-state index contributed by atoms with van der Waals surface area (Å²) < 4.78 is 5.22. The molecule has 0 aliphatic carbocycles. The number of rotatable bonds is 4. The number of nitrogens with zero attached hydrogens (tertiary/aromatic N) is 1. The van der Waals surface area contributed by atoms with Crippen LogP contribution < -0.4 is 0 Å². The predicted molar refractivity (Wildman–Crippen MR) is 59.7 cm³/mol. The van der Waals surface area contributed by atoms with E-state index in [4.69, 9.17) is 9.52 Å². The van der Waals surface area contributed by atoms with E-state index in [1.165, 1.54) is 25.7 Å². The van der Waals surface area contributed by atoms with Crippen LogP contribution in [0.15, 0.2) is 21.6 Å². The Morgan fingerprint density at radius 1 is 1.50 bits per heavy atom. The molecular formula is C10H13NO4S. The molecule has 6 heteroatoms. The van der Waals surface area contributed by atoms with Gasteiger partial charge in [-0.3, -0.25) is 4.79 Å². The number of hydrogen-bond acceptors (Lipinski definition) is 4. The molecule has 5 nitrogen and oxygen atoms in total. The Hall–Kier alpha value is -1.43. The van der Waals surface area contributed by atoms with Crippen molar-refractivity contribution < 1.29 is 19.1 Å². The van der Waals surface area contributed by atoms with Gasteiger partial charge in [0, 0.05) is 7.05 Å². The zero-order chi connectivity index (χ0) is 12.3. The fourth-order valence-electron chi connectivity index (χ4n) is 1.06. The minimum absolute atomic E-state index is 0.153. The topological polar surface area (TPSA) is 70.8 Å². The Kier molecular flexibility index (Phi) is 4.00. The molecule has 1 aromatic heterocycles. The molecule has 0 bridgehead atoms. The van der Waals surface area contributed by atoms with E-state index in [2.05, 4.69) is 0 Å². The molecule has 0 aliphatic heterocycles. The number of furan rings is 1. The van der Waals surface area contributed by atoms with Crippen molar-refractivity contribution in [2.45, 2.75) is 18.1 Å². The Morgan fingerprint density at radius 3 is 2.56 bits per heavy atom. The number of aliphatic carboxylic acids is 1. The molecule has 0 fully saturated rings. The smallest absolute Gasteiger partial charge is 0.326 e. The van der Waals surface area contributed by atoms with Gasteiger partial charge in [0.15, 0.2) is 10.9 Å². The van der Waals surface area contributed by atoms with Gasteiger partial charge in [-0.2, -0.15) is 0 Å². The van der Waals surface area contributed by atoms with Crippen molar-refractivity contribution in [3.05, 3.63) is 17.9 Å². The van der Waals surface area contributed by atoms with Crippen LogP contribution in [0.1, 0.15) is 17.5 Å². The van der Waals surface area contributed by atoms with Gasteiger partial charge >= 0.3 is 5.97 Å². The van der Waals surface area contributed by atoms with E-state index in [1.54, 1.807) is 12.1 Å². The summed E-state index contributed by atoms with van der Waals surface area (Å²) in [5, 5.41) is 9.40. The van der Waals surface area contributed by atoms with Crippen LogP contribution in [0.25, 0.3) is 0 Å². The fourth-order valence-corrected chi connectivity index (χ4v) is 1.44. The SMILES string of the molecule is CSc1ccc(C(=O)N(C)C(C)C(=O)O)o1. The highest BCUT2D eigenvalue weighted by Crippen LogP contribution is 2.19. The van der Waals surface area contributed by atoms with E-state index in [0.29, 0.717) is 5.09 Å². The van der Waals surface area contributed by atoms with Crippen LogP contribution in [0, 0.1) is 0 Å². The summed E-state index contributed by atoms with van der Waals surface area (Å²) in [6.45, 7) is 1.44. The summed E-state index contributed by atoms with van der Waals surface area (Å²) in [5.41, 5.74) is 0. The summed E-state index contributed by atoms with van der Waals surface area (Å²) in [6.07, 6.45) is 1.83. The highest BCUT2D eigenvalue weighted by molar-refractivity contribution is 7.98. The standard InChI is InChI=1S/C10H13NO4S/c1-6(10(13)14)11(2)9(12)7-4-5-8(15-7)16-3/h4-6H,1-3H3,(H,13,14). The number of likely N-dealkylation sites (N-methyl/N-ethyl adjacent to an activating group) is 1. The molecule has 1 amide bonds. The number of carboxylic acids is 1. The van der Waals surface area contributed by atoms with Gasteiger partial charge in [-0.15, -0.1) is 0 Å². The van der Waals surface area contributed by atoms with Crippen molar-refractivity contribution in [1.29, 1.82) is 0 Å². The van der Waals surface area contributed by atoms with Crippen molar-refractivity contribution in [3.8, 4) is 0 Å². The lowest BCUT2D eigenvalue weighted by molar-refractivity contribution is -0.141. The number of hydrogen-bond donors (Lipinski definition) is 1. The van der Waals surface area contributed by atoms with Gasteiger partial charge in [-0.1, -0.05) is 11.8 Å². The van der Waals surface area contributed by atoms with Crippen molar-refractivity contribution in [1.82, 2.24) is 4.90 Å². The van der Waals surface area contributed by atoms with Crippen LogP contribution in [-0.2, 0) is 4.79 Å². The van der Waals surface area contributed by atoms with Crippen molar-refractivity contribution in [2.24, 2.45) is 0 Å². The third kappa shape index (κ3) is 2.57. The van der Waals surface area contributed by atoms with Crippen molar-refractivity contribution >= 4 is 23.6 Å². The third-order valence-electron chi connectivity index (χ3n) is 2.25. The minimum Gasteiger partial charge on any atom is -0.480 e. The Balaban J connectivity index is 2.81. The van der Waals surface area contributed by atoms with Crippen LogP contribution in [0.5, 0.6) is 0 Å². The molecule has 0 saturated heterocycles. The average Bonchev–Trinajstić information content (AvgIpc) is 2.74. The number of thioether (sulfide) groups is 1. The van der Waals surface area contributed by atoms with E-state index in [9.17, 15) is 9.59 Å². The summed E-state index contributed by atoms with van der Waals surface area (Å²) in [6, 6.07) is 2.34. The number of carbonyl (C=O) groups excluding carboxylic acids is 1. The fraction of sp³-hybridized carbons (Fsp3) is 0.400.